The van der Waals surface area contributed by atoms with Crippen LogP contribution in [-0.2, 0) is 6.61 Å². The van der Waals surface area contributed by atoms with E-state index in [1.807, 2.05) is 0 Å². The summed E-state index contributed by atoms with van der Waals surface area (Å²) in [5.41, 5.74) is -0.270. The Kier molecular flexibility index (Phi) is 6.81. The smallest absolute Gasteiger partial charge is 0.296 e. The molecule has 1 amide bonds. The first-order chi connectivity index (χ1) is 14.4. The number of nitrogens with zero attached hydrogens (tertiary/aromatic N) is 1. The molecule has 0 radical (unpaired) electrons. The third-order valence-electron chi connectivity index (χ3n) is 3.90. The molecule has 10 heteroatoms. The summed E-state index contributed by atoms with van der Waals surface area (Å²) in [6.07, 6.45) is 0. The lowest BCUT2D eigenvalue weighted by molar-refractivity contribution is -0.384. The zero-order chi connectivity index (χ0) is 21.7. The number of carbonyl (C=O) groups is 1. The Bertz CT molecular complexity index is 1080. The highest BCUT2D eigenvalue weighted by Gasteiger charge is 2.20. The summed E-state index contributed by atoms with van der Waals surface area (Å²) in [6.45, 7) is 2.14. The van der Waals surface area contributed by atoms with Gasteiger partial charge in [-0.05, 0) is 43.3 Å². The summed E-state index contributed by atoms with van der Waals surface area (Å²) < 4.78 is 16.3. The van der Waals surface area contributed by atoms with Crippen molar-refractivity contribution in [2.45, 2.75) is 13.5 Å². The van der Waals surface area contributed by atoms with E-state index < -0.39 is 10.8 Å². The van der Waals surface area contributed by atoms with Crippen LogP contribution in [-0.4, -0.2) is 17.4 Å². The molecule has 2 aromatic carbocycles. The van der Waals surface area contributed by atoms with Crippen molar-refractivity contribution in [2.75, 3.05) is 11.9 Å². The topological polar surface area (TPSA) is 104 Å². The quantitative estimate of drug-likeness (QED) is 0.347. The molecule has 0 spiro atoms. The van der Waals surface area contributed by atoms with Gasteiger partial charge in [-0.1, -0.05) is 29.3 Å². The Labute approximate surface area is 181 Å². The zero-order valence-electron chi connectivity index (χ0n) is 15.7. The van der Waals surface area contributed by atoms with Crippen molar-refractivity contribution >= 4 is 40.5 Å². The van der Waals surface area contributed by atoms with Crippen LogP contribution < -0.4 is 14.8 Å². The zero-order valence-corrected chi connectivity index (χ0v) is 17.2. The van der Waals surface area contributed by atoms with Gasteiger partial charge in [0.25, 0.3) is 11.6 Å². The molecule has 0 fully saturated rings. The molecule has 0 atom stereocenters. The Hall–Kier alpha value is -3.23. The molecular weight excluding hydrogens is 435 g/mol. The van der Waals surface area contributed by atoms with E-state index in [9.17, 15) is 14.9 Å². The fraction of sp³-hybridized carbons (Fsp3) is 0.150. The van der Waals surface area contributed by atoms with Crippen LogP contribution in [0.15, 0.2) is 52.9 Å². The standard InChI is InChI=1S/C20H16Cl2N2O6/c1-2-28-12-6-8-15(16(10-12)24(26)27)23-20(25)18-9-7-13(30-18)11-29-17-5-3-4-14(21)19(17)22/h3-10H,2,11H2,1H3,(H,23,25). The number of carbonyl (C=O) groups excluding carboxylic acids is 1. The molecule has 0 aliphatic heterocycles. The normalized spacial score (nSPS) is 10.5. The van der Waals surface area contributed by atoms with E-state index in [2.05, 4.69) is 5.32 Å². The van der Waals surface area contributed by atoms with Crippen LogP contribution >= 0.6 is 23.2 Å². The Morgan fingerprint density at radius 3 is 2.70 bits per heavy atom. The van der Waals surface area contributed by atoms with Crippen molar-refractivity contribution in [3.63, 3.8) is 0 Å². The number of halogens is 2. The first kappa shape index (κ1) is 21.5. The number of nitro benzene ring substituents is 1. The summed E-state index contributed by atoms with van der Waals surface area (Å²) in [5.74, 6) is 0.386. The van der Waals surface area contributed by atoms with Crippen molar-refractivity contribution in [3.05, 3.63) is 80.2 Å². The third-order valence-corrected chi connectivity index (χ3v) is 4.70. The Morgan fingerprint density at radius 2 is 1.97 bits per heavy atom. The van der Waals surface area contributed by atoms with Gasteiger partial charge in [-0.3, -0.25) is 14.9 Å². The molecule has 30 heavy (non-hydrogen) atoms. The van der Waals surface area contributed by atoms with Crippen molar-refractivity contribution < 1.29 is 23.6 Å². The molecule has 1 heterocycles. The molecule has 3 rings (SSSR count). The van der Waals surface area contributed by atoms with Gasteiger partial charge < -0.3 is 19.2 Å². The van der Waals surface area contributed by atoms with Gasteiger partial charge in [-0.15, -0.1) is 0 Å². The summed E-state index contributed by atoms with van der Waals surface area (Å²) in [7, 11) is 0. The first-order valence-corrected chi connectivity index (χ1v) is 9.52. The lowest BCUT2D eigenvalue weighted by Crippen LogP contribution is -2.12. The number of furan rings is 1. The van der Waals surface area contributed by atoms with E-state index in [0.29, 0.717) is 28.9 Å². The molecule has 0 aliphatic rings. The first-order valence-electron chi connectivity index (χ1n) is 8.77. The number of anilines is 1. The van der Waals surface area contributed by atoms with E-state index in [1.54, 1.807) is 31.2 Å². The monoisotopic (exact) mass is 450 g/mol. The number of ether oxygens (including phenoxy) is 2. The molecule has 1 N–H and O–H groups in total. The summed E-state index contributed by atoms with van der Waals surface area (Å²) in [5, 5.41) is 14.4. The van der Waals surface area contributed by atoms with E-state index >= 15 is 0 Å². The van der Waals surface area contributed by atoms with Crippen LogP contribution in [0, 0.1) is 10.1 Å². The fourth-order valence-electron chi connectivity index (χ4n) is 2.53. The lowest BCUT2D eigenvalue weighted by Gasteiger charge is -2.08. The molecule has 8 nitrogen and oxygen atoms in total. The predicted octanol–water partition coefficient (Wildman–Crippen LogP) is 5.72. The fourth-order valence-corrected chi connectivity index (χ4v) is 2.88. The Morgan fingerprint density at radius 1 is 1.17 bits per heavy atom. The van der Waals surface area contributed by atoms with Gasteiger partial charge in [-0.25, -0.2) is 0 Å². The minimum Gasteiger partial charge on any atom is -0.494 e. The SMILES string of the molecule is CCOc1ccc(NC(=O)c2ccc(COc3cccc(Cl)c3Cl)o2)c([N+](=O)[O-])c1. The number of nitro groups is 1. The maximum Gasteiger partial charge on any atom is 0.296 e. The van der Waals surface area contributed by atoms with Gasteiger partial charge in [-0.2, -0.15) is 0 Å². The third kappa shape index (κ3) is 5.03. The van der Waals surface area contributed by atoms with Crippen LogP contribution in [0.3, 0.4) is 0 Å². The molecule has 0 saturated heterocycles. The summed E-state index contributed by atoms with van der Waals surface area (Å²) in [6, 6.07) is 12.1. The van der Waals surface area contributed by atoms with Crippen molar-refractivity contribution in [1.82, 2.24) is 0 Å². The summed E-state index contributed by atoms with van der Waals surface area (Å²) >= 11 is 12.0. The van der Waals surface area contributed by atoms with Crippen molar-refractivity contribution in [1.29, 1.82) is 0 Å². The number of amides is 1. The maximum atomic E-state index is 12.4. The van der Waals surface area contributed by atoms with Crippen LogP contribution in [0.4, 0.5) is 11.4 Å². The van der Waals surface area contributed by atoms with Gasteiger partial charge in [0.05, 0.1) is 22.6 Å². The second-order valence-corrected chi connectivity index (χ2v) is 6.71. The van der Waals surface area contributed by atoms with Crippen LogP contribution in [0.1, 0.15) is 23.2 Å². The van der Waals surface area contributed by atoms with Gasteiger partial charge in [0.1, 0.15) is 34.6 Å². The highest BCUT2D eigenvalue weighted by molar-refractivity contribution is 6.42. The molecular formula is C20H16Cl2N2O6. The second kappa shape index (κ2) is 9.51. The highest BCUT2D eigenvalue weighted by Crippen LogP contribution is 2.32. The molecule has 0 aliphatic carbocycles. The number of hydrogen-bond acceptors (Lipinski definition) is 6. The number of benzene rings is 2. The van der Waals surface area contributed by atoms with Gasteiger partial charge in [0.2, 0.25) is 0 Å². The van der Waals surface area contributed by atoms with E-state index in [4.69, 9.17) is 37.1 Å². The number of rotatable bonds is 8. The molecule has 3 aromatic rings. The Balaban J connectivity index is 1.69. The number of nitrogens with one attached hydrogen (secondary N) is 1. The minimum absolute atomic E-state index is 0.0105. The molecule has 0 saturated carbocycles. The van der Waals surface area contributed by atoms with Gasteiger partial charge in [0.15, 0.2) is 5.76 Å². The molecule has 1 aromatic heterocycles. The van der Waals surface area contributed by atoms with Gasteiger partial charge in [0, 0.05) is 0 Å². The van der Waals surface area contributed by atoms with Crippen molar-refractivity contribution in [2.24, 2.45) is 0 Å². The van der Waals surface area contributed by atoms with Gasteiger partial charge >= 0.3 is 0 Å². The second-order valence-electron chi connectivity index (χ2n) is 5.93. The largest absolute Gasteiger partial charge is 0.494 e. The van der Waals surface area contributed by atoms with Crippen LogP contribution in [0.25, 0.3) is 0 Å². The lowest BCUT2D eigenvalue weighted by atomic mass is 10.2. The summed E-state index contributed by atoms with van der Waals surface area (Å²) in [4.78, 5) is 23.2. The van der Waals surface area contributed by atoms with Crippen LogP contribution in [0.5, 0.6) is 11.5 Å². The van der Waals surface area contributed by atoms with Crippen LogP contribution in [0.2, 0.25) is 10.0 Å². The van der Waals surface area contributed by atoms with E-state index in [1.165, 1.54) is 24.3 Å². The van der Waals surface area contributed by atoms with E-state index in [0.717, 1.165) is 0 Å². The molecule has 0 bridgehead atoms. The highest BCUT2D eigenvalue weighted by atomic mass is 35.5. The average molecular weight is 451 g/mol. The number of hydrogen-bond donors (Lipinski definition) is 1. The predicted molar refractivity (Wildman–Crippen MR) is 112 cm³/mol. The maximum absolute atomic E-state index is 12.4. The molecule has 0 unspecified atom stereocenters. The molecule has 156 valence electrons. The van der Waals surface area contributed by atoms with Crippen molar-refractivity contribution in [3.8, 4) is 11.5 Å². The minimum atomic E-state index is -0.644. The van der Waals surface area contributed by atoms with E-state index in [-0.39, 0.29) is 28.8 Å². The average Bonchev–Trinajstić information content (AvgIpc) is 3.19.